The lowest BCUT2D eigenvalue weighted by atomic mass is 9.87. The predicted molar refractivity (Wildman–Crippen MR) is 135 cm³/mol. The maximum Gasteiger partial charge on any atom is 0.0432 e. The molecule has 0 atom stereocenters. The minimum Gasteiger partial charge on any atom is -0.261 e. The first-order chi connectivity index (χ1) is 13.9. The minimum absolute atomic E-state index is 0.517. The molecule has 0 saturated heterocycles. The number of aromatic nitrogens is 1. The van der Waals surface area contributed by atoms with E-state index in [0.717, 1.165) is 0 Å². The standard InChI is InChI=1S/C15H24.C14H23N/c1-10(2)13-7-8-14(11(3)4)15(9-13)12(5)6;1-9(2)12-7-14(11(5)6)15-8-13(12)10(3)4/h7-12H,1-6H3;7-11H,1-6H3. The van der Waals surface area contributed by atoms with Crippen molar-refractivity contribution in [2.24, 2.45) is 0 Å². The number of pyridine rings is 1. The smallest absolute Gasteiger partial charge is 0.0432 e. The Morgan fingerprint density at radius 2 is 0.933 bits per heavy atom. The van der Waals surface area contributed by atoms with Crippen LogP contribution >= 0.6 is 0 Å². The summed E-state index contributed by atoms with van der Waals surface area (Å²) in [7, 11) is 0. The van der Waals surface area contributed by atoms with Crippen LogP contribution in [-0.4, -0.2) is 4.98 Å². The molecule has 168 valence electrons. The SMILES string of the molecule is CC(C)c1cc(C(C)C)c(C(C)C)cn1.CC(C)c1ccc(C(C)C)c(C(C)C)c1. The zero-order valence-corrected chi connectivity index (χ0v) is 21.8. The van der Waals surface area contributed by atoms with Gasteiger partial charge in [0.25, 0.3) is 0 Å². The Morgan fingerprint density at radius 3 is 1.33 bits per heavy atom. The molecule has 2 rings (SSSR count). The number of hydrogen-bond donors (Lipinski definition) is 0. The van der Waals surface area contributed by atoms with Gasteiger partial charge in [-0.2, -0.15) is 0 Å². The molecule has 1 aromatic carbocycles. The molecular weight excluding hydrogens is 362 g/mol. The summed E-state index contributed by atoms with van der Waals surface area (Å²) < 4.78 is 0. The highest BCUT2D eigenvalue weighted by molar-refractivity contribution is 5.37. The lowest BCUT2D eigenvalue weighted by Gasteiger charge is -2.18. The highest BCUT2D eigenvalue weighted by Crippen LogP contribution is 2.29. The van der Waals surface area contributed by atoms with Crippen LogP contribution in [0.4, 0.5) is 0 Å². The number of hydrogen-bond acceptors (Lipinski definition) is 1. The van der Waals surface area contributed by atoms with E-state index < -0.39 is 0 Å². The highest BCUT2D eigenvalue weighted by atomic mass is 14.7. The van der Waals surface area contributed by atoms with Crippen LogP contribution in [0, 0.1) is 0 Å². The molecule has 2 aromatic rings. The third-order valence-electron chi connectivity index (χ3n) is 5.85. The van der Waals surface area contributed by atoms with Gasteiger partial charge >= 0.3 is 0 Å². The van der Waals surface area contributed by atoms with Crippen molar-refractivity contribution in [1.82, 2.24) is 4.98 Å². The quantitative estimate of drug-likeness (QED) is 0.463. The first-order valence-corrected chi connectivity index (χ1v) is 12.0. The van der Waals surface area contributed by atoms with Gasteiger partial charge < -0.3 is 0 Å². The van der Waals surface area contributed by atoms with E-state index in [0.29, 0.717) is 35.5 Å². The number of benzene rings is 1. The average molecular weight is 410 g/mol. The Balaban J connectivity index is 0.000000300. The Morgan fingerprint density at radius 1 is 0.467 bits per heavy atom. The van der Waals surface area contributed by atoms with Crippen molar-refractivity contribution >= 4 is 0 Å². The third-order valence-corrected chi connectivity index (χ3v) is 5.85. The molecule has 0 saturated carbocycles. The second-order valence-electron chi connectivity index (χ2n) is 10.6. The fourth-order valence-electron chi connectivity index (χ4n) is 3.77. The van der Waals surface area contributed by atoms with Gasteiger partial charge in [0.2, 0.25) is 0 Å². The van der Waals surface area contributed by atoms with Crippen LogP contribution in [0.3, 0.4) is 0 Å². The number of rotatable bonds is 6. The normalized spacial score (nSPS) is 11.8. The Bertz CT molecular complexity index is 711. The molecule has 0 amide bonds. The molecule has 0 bridgehead atoms. The minimum atomic E-state index is 0.517. The summed E-state index contributed by atoms with van der Waals surface area (Å²) in [4.78, 5) is 4.54. The molecular formula is C29H47N. The second kappa shape index (κ2) is 11.7. The lowest BCUT2D eigenvalue weighted by Crippen LogP contribution is -2.03. The van der Waals surface area contributed by atoms with E-state index in [1.807, 2.05) is 0 Å². The van der Waals surface area contributed by atoms with Crippen molar-refractivity contribution in [1.29, 1.82) is 0 Å². The molecule has 0 fully saturated rings. The van der Waals surface area contributed by atoms with Crippen LogP contribution in [0.25, 0.3) is 0 Å². The van der Waals surface area contributed by atoms with E-state index in [1.54, 1.807) is 0 Å². The summed E-state index contributed by atoms with van der Waals surface area (Å²) in [6, 6.07) is 9.27. The summed E-state index contributed by atoms with van der Waals surface area (Å²) in [5.74, 6) is 3.55. The zero-order chi connectivity index (χ0) is 23.2. The van der Waals surface area contributed by atoms with E-state index in [1.165, 1.54) is 33.5 Å². The molecule has 0 unspecified atom stereocenters. The van der Waals surface area contributed by atoms with Gasteiger partial charge in [0, 0.05) is 11.9 Å². The average Bonchev–Trinajstić information content (AvgIpc) is 2.67. The molecule has 1 nitrogen and oxygen atoms in total. The van der Waals surface area contributed by atoms with Crippen molar-refractivity contribution in [3.63, 3.8) is 0 Å². The maximum absolute atomic E-state index is 4.54. The van der Waals surface area contributed by atoms with Gasteiger partial charge in [0.05, 0.1) is 0 Å². The van der Waals surface area contributed by atoms with Crippen molar-refractivity contribution < 1.29 is 0 Å². The lowest BCUT2D eigenvalue weighted by molar-refractivity contribution is 0.755. The van der Waals surface area contributed by atoms with Crippen LogP contribution in [0.2, 0.25) is 0 Å². The Labute approximate surface area is 187 Å². The largest absolute Gasteiger partial charge is 0.261 e. The van der Waals surface area contributed by atoms with E-state index >= 15 is 0 Å². The molecule has 1 aromatic heterocycles. The maximum atomic E-state index is 4.54. The molecule has 1 heterocycles. The zero-order valence-electron chi connectivity index (χ0n) is 21.8. The molecule has 0 aliphatic rings. The van der Waals surface area contributed by atoms with E-state index in [4.69, 9.17) is 0 Å². The second-order valence-corrected chi connectivity index (χ2v) is 10.6. The highest BCUT2D eigenvalue weighted by Gasteiger charge is 2.13. The van der Waals surface area contributed by atoms with Crippen LogP contribution in [0.5, 0.6) is 0 Å². The summed E-state index contributed by atoms with van der Waals surface area (Å²) in [5, 5.41) is 0. The van der Waals surface area contributed by atoms with Crippen LogP contribution in [-0.2, 0) is 0 Å². The van der Waals surface area contributed by atoms with Crippen molar-refractivity contribution in [3.8, 4) is 0 Å². The predicted octanol–water partition coefficient (Wildman–Crippen LogP) is 9.51. The first-order valence-electron chi connectivity index (χ1n) is 12.0. The van der Waals surface area contributed by atoms with Gasteiger partial charge in [0.15, 0.2) is 0 Å². The van der Waals surface area contributed by atoms with E-state index in [2.05, 4.69) is 119 Å². The molecule has 0 aliphatic heterocycles. The number of nitrogens with zero attached hydrogens (tertiary/aromatic N) is 1. The topological polar surface area (TPSA) is 12.9 Å². The third kappa shape index (κ3) is 7.25. The Kier molecular flexibility index (Phi) is 10.3. The summed E-state index contributed by atoms with van der Waals surface area (Å²) in [6.45, 7) is 27.0. The van der Waals surface area contributed by atoms with E-state index in [9.17, 15) is 0 Å². The molecule has 0 radical (unpaired) electrons. The molecule has 0 spiro atoms. The fourth-order valence-corrected chi connectivity index (χ4v) is 3.77. The van der Waals surface area contributed by atoms with Gasteiger partial charge in [-0.25, -0.2) is 0 Å². The first kappa shape index (κ1) is 26.4. The van der Waals surface area contributed by atoms with Crippen molar-refractivity contribution in [2.45, 2.75) is 119 Å². The van der Waals surface area contributed by atoms with E-state index in [-0.39, 0.29) is 0 Å². The van der Waals surface area contributed by atoms with Gasteiger partial charge in [-0.1, -0.05) is 101 Å². The van der Waals surface area contributed by atoms with Crippen molar-refractivity contribution in [3.05, 3.63) is 64.0 Å². The van der Waals surface area contributed by atoms with Gasteiger partial charge in [-0.15, -0.1) is 0 Å². The Hall–Kier alpha value is -1.63. The van der Waals surface area contributed by atoms with Gasteiger partial charge in [-0.3, -0.25) is 4.98 Å². The van der Waals surface area contributed by atoms with Gasteiger partial charge in [-0.05, 0) is 69.4 Å². The summed E-state index contributed by atoms with van der Waals surface area (Å²) in [5.41, 5.74) is 8.56. The summed E-state index contributed by atoms with van der Waals surface area (Å²) >= 11 is 0. The van der Waals surface area contributed by atoms with Gasteiger partial charge in [0.1, 0.15) is 0 Å². The van der Waals surface area contributed by atoms with Crippen molar-refractivity contribution in [2.75, 3.05) is 0 Å². The molecule has 0 N–H and O–H groups in total. The monoisotopic (exact) mass is 409 g/mol. The van der Waals surface area contributed by atoms with Crippen LogP contribution in [0.1, 0.15) is 152 Å². The molecule has 1 heteroatoms. The summed E-state index contributed by atoms with van der Waals surface area (Å²) in [6.07, 6.45) is 2.06. The van der Waals surface area contributed by atoms with Crippen LogP contribution < -0.4 is 0 Å². The van der Waals surface area contributed by atoms with Crippen LogP contribution in [0.15, 0.2) is 30.5 Å². The fraction of sp³-hybridized carbons (Fsp3) is 0.621. The molecule has 30 heavy (non-hydrogen) atoms. The molecule has 0 aliphatic carbocycles.